The quantitative estimate of drug-likeness (QED) is 0.618. The average molecular weight is 236 g/mol. The average Bonchev–Trinajstić information content (AvgIpc) is 2.38. The topological polar surface area (TPSA) is 73.1 Å². The number of nitrogen functional groups attached to an aromatic ring is 1. The molecule has 0 aliphatic heterocycles. The molecule has 5 heteroatoms. The summed E-state index contributed by atoms with van der Waals surface area (Å²) in [6, 6.07) is 1.75. The molecule has 3 N–H and O–H groups in total. The Morgan fingerprint density at radius 3 is 3.06 bits per heavy atom. The fraction of sp³-hybridized carbons (Fsp3) is 0.667. The summed E-state index contributed by atoms with van der Waals surface area (Å²) in [6.07, 6.45) is 6.07. The molecule has 0 bridgehead atoms. The Balaban J connectivity index is 2.32. The van der Waals surface area contributed by atoms with Crippen LogP contribution in [0.5, 0.6) is 0 Å². The molecule has 1 saturated carbocycles. The predicted octanol–water partition coefficient (Wildman–Crippen LogP) is 1.81. The smallest absolute Gasteiger partial charge is 0.162 e. The Bertz CT molecular complexity index is 385. The van der Waals surface area contributed by atoms with Gasteiger partial charge < -0.3 is 10.2 Å². The standard InChI is InChI=1S/C12H20N4O/c1-9-4-3-6-12(8-9,17-2)11-14-7-5-10(15-11)16-13/h5,7,9H,3-4,6,8,13H2,1-2H3,(H,14,15,16). The summed E-state index contributed by atoms with van der Waals surface area (Å²) in [5, 5.41) is 0. The van der Waals surface area contributed by atoms with Gasteiger partial charge in [-0.3, -0.25) is 0 Å². The minimum Gasteiger partial charge on any atom is -0.370 e. The van der Waals surface area contributed by atoms with E-state index in [-0.39, 0.29) is 5.60 Å². The van der Waals surface area contributed by atoms with Crippen molar-refractivity contribution in [1.82, 2.24) is 9.97 Å². The van der Waals surface area contributed by atoms with Gasteiger partial charge in [0.25, 0.3) is 0 Å². The van der Waals surface area contributed by atoms with Gasteiger partial charge in [-0.05, 0) is 25.2 Å². The van der Waals surface area contributed by atoms with Crippen LogP contribution in [0.2, 0.25) is 0 Å². The van der Waals surface area contributed by atoms with Crippen LogP contribution in [0.25, 0.3) is 0 Å². The number of rotatable bonds is 3. The highest BCUT2D eigenvalue weighted by molar-refractivity contribution is 5.31. The van der Waals surface area contributed by atoms with Crippen molar-refractivity contribution in [3.05, 3.63) is 18.1 Å². The highest BCUT2D eigenvalue weighted by Gasteiger charge is 2.39. The van der Waals surface area contributed by atoms with E-state index >= 15 is 0 Å². The SMILES string of the molecule is COC1(c2nccc(NN)n2)CCCC(C)C1. The molecule has 94 valence electrons. The molecular formula is C12H20N4O. The Morgan fingerprint density at radius 1 is 1.59 bits per heavy atom. The largest absolute Gasteiger partial charge is 0.370 e. The van der Waals surface area contributed by atoms with E-state index in [0.717, 1.165) is 25.1 Å². The van der Waals surface area contributed by atoms with Crippen molar-refractivity contribution in [3.63, 3.8) is 0 Å². The Morgan fingerprint density at radius 2 is 2.41 bits per heavy atom. The molecule has 1 fully saturated rings. The van der Waals surface area contributed by atoms with Crippen molar-refractivity contribution >= 4 is 5.82 Å². The van der Waals surface area contributed by atoms with Crippen molar-refractivity contribution in [2.24, 2.45) is 11.8 Å². The molecule has 0 radical (unpaired) electrons. The number of hydrazine groups is 1. The summed E-state index contributed by atoms with van der Waals surface area (Å²) >= 11 is 0. The fourth-order valence-electron chi connectivity index (χ4n) is 2.64. The van der Waals surface area contributed by atoms with Gasteiger partial charge in [-0.15, -0.1) is 0 Å². The number of aromatic nitrogens is 2. The van der Waals surface area contributed by atoms with Crippen molar-refractivity contribution in [1.29, 1.82) is 0 Å². The summed E-state index contributed by atoms with van der Waals surface area (Å²) in [4.78, 5) is 8.78. The lowest BCUT2D eigenvalue weighted by Crippen LogP contribution is -2.36. The first-order valence-corrected chi connectivity index (χ1v) is 6.05. The van der Waals surface area contributed by atoms with E-state index in [2.05, 4.69) is 22.3 Å². The van der Waals surface area contributed by atoms with Gasteiger partial charge in [0, 0.05) is 19.4 Å². The maximum Gasteiger partial charge on any atom is 0.162 e. The third-order valence-electron chi connectivity index (χ3n) is 3.56. The van der Waals surface area contributed by atoms with Gasteiger partial charge in [-0.25, -0.2) is 15.8 Å². The van der Waals surface area contributed by atoms with E-state index < -0.39 is 0 Å². The molecule has 2 unspecified atom stereocenters. The summed E-state index contributed by atoms with van der Waals surface area (Å²) in [5.41, 5.74) is 2.21. The zero-order chi connectivity index (χ0) is 12.3. The zero-order valence-corrected chi connectivity index (χ0v) is 10.4. The van der Waals surface area contributed by atoms with Gasteiger partial charge in [0.1, 0.15) is 11.4 Å². The van der Waals surface area contributed by atoms with Crippen molar-refractivity contribution in [2.45, 2.75) is 38.2 Å². The summed E-state index contributed by atoms with van der Waals surface area (Å²) < 4.78 is 5.74. The van der Waals surface area contributed by atoms with Crippen molar-refractivity contribution in [3.8, 4) is 0 Å². The van der Waals surface area contributed by atoms with Crippen LogP contribution >= 0.6 is 0 Å². The van der Waals surface area contributed by atoms with Crippen molar-refractivity contribution in [2.75, 3.05) is 12.5 Å². The zero-order valence-electron chi connectivity index (χ0n) is 10.4. The number of nitrogens with one attached hydrogen (secondary N) is 1. The third-order valence-corrected chi connectivity index (χ3v) is 3.56. The number of hydrogen-bond donors (Lipinski definition) is 2. The van der Waals surface area contributed by atoms with Gasteiger partial charge in [-0.2, -0.15) is 0 Å². The molecule has 0 aromatic carbocycles. The minimum absolute atomic E-state index is 0.343. The van der Waals surface area contributed by atoms with Crippen LogP contribution < -0.4 is 11.3 Å². The number of ether oxygens (including phenoxy) is 1. The highest BCUT2D eigenvalue weighted by atomic mass is 16.5. The van der Waals surface area contributed by atoms with Crippen LogP contribution in [0.15, 0.2) is 12.3 Å². The van der Waals surface area contributed by atoms with Crippen LogP contribution in [0.3, 0.4) is 0 Å². The Labute approximate surface area is 102 Å². The molecule has 2 atom stereocenters. The lowest BCUT2D eigenvalue weighted by Gasteiger charge is -2.37. The maximum absolute atomic E-state index is 5.74. The number of nitrogens with zero attached hydrogens (tertiary/aromatic N) is 2. The molecule has 17 heavy (non-hydrogen) atoms. The molecule has 0 saturated heterocycles. The van der Waals surface area contributed by atoms with Crippen LogP contribution in [0.1, 0.15) is 38.4 Å². The molecule has 1 aromatic rings. The monoisotopic (exact) mass is 236 g/mol. The van der Waals surface area contributed by atoms with Crippen LogP contribution in [-0.2, 0) is 10.3 Å². The van der Waals surface area contributed by atoms with Gasteiger partial charge >= 0.3 is 0 Å². The normalized spacial score (nSPS) is 29.0. The van der Waals surface area contributed by atoms with E-state index in [4.69, 9.17) is 10.6 Å². The van der Waals surface area contributed by atoms with E-state index in [1.165, 1.54) is 6.42 Å². The second-order valence-electron chi connectivity index (χ2n) is 4.81. The van der Waals surface area contributed by atoms with Gasteiger partial charge in [0.15, 0.2) is 5.82 Å². The first-order valence-electron chi connectivity index (χ1n) is 6.05. The molecule has 2 rings (SSSR count). The fourth-order valence-corrected chi connectivity index (χ4v) is 2.64. The maximum atomic E-state index is 5.74. The molecule has 1 aromatic heterocycles. The first-order chi connectivity index (χ1) is 8.20. The van der Waals surface area contributed by atoms with Gasteiger partial charge in [0.2, 0.25) is 0 Å². The van der Waals surface area contributed by atoms with Gasteiger partial charge in [0.05, 0.1) is 0 Å². The second kappa shape index (κ2) is 4.98. The molecule has 5 nitrogen and oxygen atoms in total. The number of anilines is 1. The molecule has 1 aliphatic carbocycles. The minimum atomic E-state index is -0.343. The summed E-state index contributed by atoms with van der Waals surface area (Å²) in [5.74, 6) is 7.39. The van der Waals surface area contributed by atoms with Gasteiger partial charge in [-0.1, -0.05) is 13.3 Å². The van der Waals surface area contributed by atoms with E-state index in [0.29, 0.717) is 11.7 Å². The number of methoxy groups -OCH3 is 1. The van der Waals surface area contributed by atoms with Crippen molar-refractivity contribution < 1.29 is 4.74 Å². The predicted molar refractivity (Wildman–Crippen MR) is 66.2 cm³/mol. The first kappa shape index (κ1) is 12.3. The molecule has 0 spiro atoms. The van der Waals surface area contributed by atoms with E-state index in [1.54, 1.807) is 19.4 Å². The van der Waals surface area contributed by atoms with E-state index in [9.17, 15) is 0 Å². The molecule has 1 heterocycles. The van der Waals surface area contributed by atoms with E-state index in [1.807, 2.05) is 0 Å². The Hall–Kier alpha value is -1.20. The lowest BCUT2D eigenvalue weighted by molar-refractivity contribution is -0.0645. The van der Waals surface area contributed by atoms with Crippen LogP contribution in [0.4, 0.5) is 5.82 Å². The highest BCUT2D eigenvalue weighted by Crippen LogP contribution is 2.41. The summed E-state index contributed by atoms with van der Waals surface area (Å²) in [7, 11) is 1.74. The van der Waals surface area contributed by atoms with Crippen LogP contribution in [0, 0.1) is 5.92 Å². The second-order valence-corrected chi connectivity index (χ2v) is 4.81. The van der Waals surface area contributed by atoms with Crippen LogP contribution in [-0.4, -0.2) is 17.1 Å². The molecule has 0 amide bonds. The Kier molecular flexibility index (Phi) is 3.59. The molecular weight excluding hydrogens is 216 g/mol. The summed E-state index contributed by atoms with van der Waals surface area (Å²) in [6.45, 7) is 2.25. The third kappa shape index (κ3) is 2.40. The molecule has 1 aliphatic rings. The number of nitrogens with two attached hydrogens (primary N) is 1. The lowest BCUT2D eigenvalue weighted by atomic mass is 9.78. The number of hydrogen-bond acceptors (Lipinski definition) is 5.